The van der Waals surface area contributed by atoms with Gasteiger partial charge >= 0.3 is 5.97 Å². The summed E-state index contributed by atoms with van der Waals surface area (Å²) >= 11 is 5.83. The van der Waals surface area contributed by atoms with Gasteiger partial charge in [-0.25, -0.2) is 8.42 Å². The van der Waals surface area contributed by atoms with Crippen molar-refractivity contribution < 1.29 is 23.1 Å². The first-order valence-electron chi connectivity index (χ1n) is 8.18. The van der Waals surface area contributed by atoms with Gasteiger partial charge < -0.3 is 10.0 Å². The second-order valence-corrected chi connectivity index (χ2v) is 9.08. The van der Waals surface area contributed by atoms with E-state index >= 15 is 0 Å². The minimum atomic E-state index is -3.87. The topological polar surface area (TPSA) is 91.8 Å². The number of hydrogen-bond donors (Lipinski definition) is 1. The smallest absolute Gasteiger partial charge is 0.303 e. The lowest BCUT2D eigenvalue weighted by Crippen LogP contribution is -2.51. The van der Waals surface area contributed by atoms with Gasteiger partial charge in [0.1, 0.15) is 0 Å². The Morgan fingerprint density at radius 3 is 2.28 bits per heavy atom. The highest BCUT2D eigenvalue weighted by Gasteiger charge is 2.53. The van der Waals surface area contributed by atoms with Crippen molar-refractivity contribution >= 4 is 33.3 Å². The number of amides is 1. The Bertz CT molecular complexity index is 739. The van der Waals surface area contributed by atoms with E-state index in [0.29, 0.717) is 17.9 Å². The number of hydrogen-bond acceptors (Lipinski definition) is 4. The van der Waals surface area contributed by atoms with Crippen LogP contribution in [0, 0.1) is 0 Å². The van der Waals surface area contributed by atoms with E-state index in [4.69, 9.17) is 16.7 Å². The van der Waals surface area contributed by atoms with Crippen molar-refractivity contribution in [3.63, 3.8) is 0 Å². The van der Waals surface area contributed by atoms with Crippen LogP contribution in [0.5, 0.6) is 0 Å². The van der Waals surface area contributed by atoms with Gasteiger partial charge in [-0.3, -0.25) is 9.59 Å². The van der Waals surface area contributed by atoms with Crippen LogP contribution in [-0.4, -0.2) is 48.6 Å². The maximum atomic E-state index is 13.2. The lowest BCUT2D eigenvalue weighted by molar-refractivity contribution is -0.138. The Hall–Kier alpha value is -1.60. The first-order valence-corrected chi connectivity index (χ1v) is 10.0. The molecular formula is C17H22ClNO5S. The Morgan fingerprint density at radius 2 is 1.76 bits per heavy atom. The van der Waals surface area contributed by atoms with Crippen LogP contribution in [0.2, 0.25) is 5.02 Å². The van der Waals surface area contributed by atoms with Crippen LogP contribution in [0.15, 0.2) is 29.2 Å². The number of carbonyl (C=O) groups is 2. The Morgan fingerprint density at radius 1 is 1.20 bits per heavy atom. The quantitative estimate of drug-likeness (QED) is 0.776. The molecule has 0 unspecified atom stereocenters. The maximum absolute atomic E-state index is 13.2. The molecule has 1 aliphatic rings. The molecule has 0 aliphatic heterocycles. The van der Waals surface area contributed by atoms with Crippen LogP contribution >= 0.6 is 11.6 Å². The molecule has 0 atom stereocenters. The molecule has 0 saturated heterocycles. The summed E-state index contributed by atoms with van der Waals surface area (Å²) in [5, 5.41) is 9.14. The summed E-state index contributed by atoms with van der Waals surface area (Å²) < 4.78 is 24.9. The standard InChI is InChI=1S/C17H22ClNO5S/c1-19(12-4-5-15(20)21)16(22)17(10-2-3-11-17)25(23,24)14-8-6-13(18)7-9-14/h6-9H,2-5,10-12H2,1H3,(H,20,21). The van der Waals surface area contributed by atoms with Crippen LogP contribution in [-0.2, 0) is 19.4 Å². The molecule has 0 bridgehead atoms. The maximum Gasteiger partial charge on any atom is 0.303 e. The van der Waals surface area contributed by atoms with Gasteiger partial charge in [0.25, 0.3) is 0 Å². The van der Waals surface area contributed by atoms with Gasteiger partial charge in [-0.15, -0.1) is 0 Å². The Labute approximate surface area is 152 Å². The predicted molar refractivity (Wildman–Crippen MR) is 94.3 cm³/mol. The number of nitrogens with zero attached hydrogens (tertiary/aromatic N) is 1. The van der Waals surface area contributed by atoms with Gasteiger partial charge in [-0.05, 0) is 43.5 Å². The number of carboxylic acids is 1. The predicted octanol–water partition coefficient (Wildman–Crippen LogP) is 2.75. The fourth-order valence-electron chi connectivity index (χ4n) is 3.30. The lowest BCUT2D eigenvalue weighted by atomic mass is 10.1. The van der Waals surface area contributed by atoms with Crippen molar-refractivity contribution in [2.24, 2.45) is 0 Å². The molecule has 2 rings (SSSR count). The second-order valence-electron chi connectivity index (χ2n) is 6.38. The largest absolute Gasteiger partial charge is 0.481 e. The zero-order valence-electron chi connectivity index (χ0n) is 14.1. The fourth-order valence-corrected chi connectivity index (χ4v) is 5.58. The number of rotatable bonds is 7. The van der Waals surface area contributed by atoms with Crippen molar-refractivity contribution in [3.05, 3.63) is 29.3 Å². The van der Waals surface area contributed by atoms with Gasteiger partial charge in [0, 0.05) is 25.0 Å². The molecule has 1 amide bonds. The first kappa shape index (κ1) is 19.7. The van der Waals surface area contributed by atoms with Gasteiger partial charge in [0.2, 0.25) is 5.91 Å². The van der Waals surface area contributed by atoms with Crippen molar-refractivity contribution in [1.82, 2.24) is 4.90 Å². The van der Waals surface area contributed by atoms with Crippen LogP contribution < -0.4 is 0 Å². The zero-order valence-corrected chi connectivity index (χ0v) is 15.6. The number of carbonyl (C=O) groups excluding carboxylic acids is 1. The molecule has 6 nitrogen and oxygen atoms in total. The fraction of sp³-hybridized carbons (Fsp3) is 0.529. The number of aliphatic carboxylic acids is 1. The molecule has 1 saturated carbocycles. The third-order valence-corrected chi connectivity index (χ3v) is 7.43. The molecule has 0 radical (unpaired) electrons. The summed E-state index contributed by atoms with van der Waals surface area (Å²) in [7, 11) is -2.34. The minimum absolute atomic E-state index is 0.0610. The van der Waals surface area contributed by atoms with E-state index in [-0.39, 0.29) is 37.1 Å². The molecule has 1 N–H and O–H groups in total. The monoisotopic (exact) mass is 387 g/mol. The molecule has 0 aromatic heterocycles. The molecule has 1 aromatic rings. The van der Waals surface area contributed by atoms with Gasteiger partial charge in [0.05, 0.1) is 4.90 Å². The number of carboxylic acid groups (broad SMARTS) is 1. The first-order chi connectivity index (χ1) is 11.7. The highest BCUT2D eigenvalue weighted by atomic mass is 35.5. The molecule has 1 aliphatic carbocycles. The summed E-state index contributed by atoms with van der Waals surface area (Å²) in [6, 6.07) is 5.85. The minimum Gasteiger partial charge on any atom is -0.481 e. The van der Waals surface area contributed by atoms with Crippen molar-refractivity contribution in [1.29, 1.82) is 0 Å². The summed E-state index contributed by atoms with van der Waals surface area (Å²) in [6.07, 6.45) is 2.12. The summed E-state index contributed by atoms with van der Waals surface area (Å²) in [5.41, 5.74) is 0. The van der Waals surface area contributed by atoms with E-state index in [2.05, 4.69) is 0 Å². The third-order valence-electron chi connectivity index (χ3n) is 4.67. The van der Waals surface area contributed by atoms with E-state index in [9.17, 15) is 18.0 Å². The third kappa shape index (κ3) is 3.98. The summed E-state index contributed by atoms with van der Waals surface area (Å²) in [6.45, 7) is 0.211. The van der Waals surface area contributed by atoms with E-state index < -0.39 is 26.5 Å². The van der Waals surface area contributed by atoms with Crippen LogP contribution in [0.3, 0.4) is 0 Å². The van der Waals surface area contributed by atoms with E-state index in [0.717, 1.165) is 0 Å². The molecule has 1 aromatic carbocycles. The highest BCUT2D eigenvalue weighted by Crippen LogP contribution is 2.42. The van der Waals surface area contributed by atoms with Crippen molar-refractivity contribution in [2.75, 3.05) is 13.6 Å². The molecule has 1 fully saturated rings. The molecule has 0 spiro atoms. The van der Waals surface area contributed by atoms with Crippen molar-refractivity contribution in [2.45, 2.75) is 48.2 Å². The van der Waals surface area contributed by atoms with E-state index in [1.165, 1.54) is 36.2 Å². The van der Waals surface area contributed by atoms with Gasteiger partial charge in [-0.2, -0.15) is 0 Å². The Balaban J connectivity index is 2.29. The van der Waals surface area contributed by atoms with Crippen molar-refractivity contribution in [3.8, 4) is 0 Å². The summed E-state index contributed by atoms with van der Waals surface area (Å²) in [4.78, 5) is 25.1. The average molecular weight is 388 g/mol. The van der Waals surface area contributed by atoms with Gasteiger partial charge in [0.15, 0.2) is 14.6 Å². The van der Waals surface area contributed by atoms with E-state index in [1.54, 1.807) is 0 Å². The second kappa shape index (κ2) is 7.74. The Kier molecular flexibility index (Phi) is 6.11. The van der Waals surface area contributed by atoms with Gasteiger partial charge in [-0.1, -0.05) is 24.4 Å². The molecule has 138 valence electrons. The zero-order chi connectivity index (χ0) is 18.7. The number of sulfone groups is 1. The number of halogens is 1. The van der Waals surface area contributed by atoms with Crippen LogP contribution in [0.25, 0.3) is 0 Å². The average Bonchev–Trinajstić information content (AvgIpc) is 3.05. The molecular weight excluding hydrogens is 366 g/mol. The highest BCUT2D eigenvalue weighted by molar-refractivity contribution is 7.93. The number of benzene rings is 1. The SMILES string of the molecule is CN(CCCC(=O)O)C(=O)C1(S(=O)(=O)c2ccc(Cl)cc2)CCCC1. The van der Waals surface area contributed by atoms with Crippen LogP contribution in [0.1, 0.15) is 38.5 Å². The molecule has 8 heteroatoms. The lowest BCUT2D eigenvalue weighted by Gasteiger charge is -2.32. The molecule has 25 heavy (non-hydrogen) atoms. The van der Waals surface area contributed by atoms with Crippen LogP contribution in [0.4, 0.5) is 0 Å². The van der Waals surface area contributed by atoms with E-state index in [1.807, 2.05) is 0 Å². The summed E-state index contributed by atoms with van der Waals surface area (Å²) in [5.74, 6) is -1.39. The molecule has 0 heterocycles. The normalized spacial score (nSPS) is 16.6.